The van der Waals surface area contributed by atoms with Crippen LogP contribution in [0.25, 0.3) is 0 Å². The van der Waals surface area contributed by atoms with Crippen LogP contribution in [-0.2, 0) is 0 Å². The molecule has 0 N–H and O–H groups in total. The fourth-order valence-electron chi connectivity index (χ4n) is 4.42. The van der Waals surface area contributed by atoms with Gasteiger partial charge in [-0.3, -0.25) is 19.2 Å². The Kier molecular flexibility index (Phi) is 4.01. The molecule has 0 aliphatic heterocycles. The Bertz CT molecular complexity index is 1440. The van der Waals surface area contributed by atoms with Gasteiger partial charge in [-0.1, -0.05) is 48.5 Å². The molecule has 33 heavy (non-hydrogen) atoms. The summed E-state index contributed by atoms with van der Waals surface area (Å²) < 4.78 is 5.93. The summed E-state index contributed by atoms with van der Waals surface area (Å²) in [5, 5.41) is 0. The number of hydrogen-bond donors (Lipinski definition) is 0. The molecule has 0 saturated carbocycles. The van der Waals surface area contributed by atoms with Crippen molar-refractivity contribution in [3.63, 3.8) is 0 Å². The van der Waals surface area contributed by atoms with Gasteiger partial charge in [-0.15, -0.1) is 0 Å². The van der Waals surface area contributed by atoms with E-state index in [0.29, 0.717) is 44.9 Å². The first-order valence-electron chi connectivity index (χ1n) is 10.4. The molecule has 0 unspecified atom stereocenters. The summed E-state index contributed by atoms with van der Waals surface area (Å²) in [5.74, 6) is -0.193. The molecule has 0 bridgehead atoms. The SMILES string of the molecule is O=C1c2ccccc2C(=O)c2cc(Oc3ccc4c(c3)C(=O)c3ccccc3C4=O)ccc21. The number of rotatable bonds is 2. The third-order valence-corrected chi connectivity index (χ3v) is 6.03. The Balaban J connectivity index is 1.36. The quantitative estimate of drug-likeness (QED) is 0.385. The van der Waals surface area contributed by atoms with Crippen LogP contribution in [0, 0.1) is 0 Å². The van der Waals surface area contributed by atoms with E-state index in [-0.39, 0.29) is 34.3 Å². The lowest BCUT2D eigenvalue weighted by molar-refractivity contribution is 0.0978. The highest BCUT2D eigenvalue weighted by Gasteiger charge is 2.31. The van der Waals surface area contributed by atoms with Gasteiger partial charge in [0.25, 0.3) is 0 Å². The molecule has 5 nitrogen and oxygen atoms in total. The first-order valence-corrected chi connectivity index (χ1v) is 10.4. The van der Waals surface area contributed by atoms with Crippen molar-refractivity contribution in [1.29, 1.82) is 0 Å². The molecule has 0 fully saturated rings. The molecule has 0 aromatic heterocycles. The van der Waals surface area contributed by atoms with Crippen molar-refractivity contribution in [2.75, 3.05) is 0 Å². The van der Waals surface area contributed by atoms with Gasteiger partial charge in [0.2, 0.25) is 0 Å². The lowest BCUT2D eigenvalue weighted by Crippen LogP contribution is -2.21. The molecule has 0 saturated heterocycles. The Morgan fingerprint density at radius 2 is 0.667 bits per heavy atom. The predicted octanol–water partition coefficient (Wildman–Crippen LogP) is 5.03. The molecule has 5 heteroatoms. The standard InChI is InChI=1S/C28H14O5/c29-25-17-5-1-3-7-19(17)27(31)23-13-15(9-11-21(23)25)33-16-10-12-22-24(14-16)28(32)20-8-4-2-6-18(20)26(22)30/h1-14H. The highest BCUT2D eigenvalue weighted by Crippen LogP contribution is 2.34. The molecule has 0 atom stereocenters. The highest BCUT2D eigenvalue weighted by molar-refractivity contribution is 6.29. The van der Waals surface area contributed by atoms with Crippen molar-refractivity contribution in [3.05, 3.63) is 129 Å². The van der Waals surface area contributed by atoms with Gasteiger partial charge in [-0.25, -0.2) is 0 Å². The van der Waals surface area contributed by atoms with E-state index >= 15 is 0 Å². The number of ether oxygens (including phenoxy) is 1. The zero-order chi connectivity index (χ0) is 22.7. The molecular weight excluding hydrogens is 416 g/mol. The van der Waals surface area contributed by atoms with Gasteiger partial charge >= 0.3 is 0 Å². The number of carbonyl (C=O) groups is 4. The van der Waals surface area contributed by atoms with E-state index in [4.69, 9.17) is 4.74 Å². The second-order valence-electron chi connectivity index (χ2n) is 7.92. The molecular formula is C28H14O5. The molecule has 2 aliphatic rings. The van der Waals surface area contributed by atoms with E-state index in [1.165, 1.54) is 12.1 Å². The van der Waals surface area contributed by atoms with Crippen LogP contribution in [-0.4, -0.2) is 23.1 Å². The van der Waals surface area contributed by atoms with E-state index in [0.717, 1.165) is 0 Å². The topological polar surface area (TPSA) is 77.5 Å². The van der Waals surface area contributed by atoms with Gasteiger partial charge in [0.1, 0.15) is 11.5 Å². The number of fused-ring (bicyclic) bond motifs is 4. The molecule has 0 amide bonds. The summed E-state index contributed by atoms with van der Waals surface area (Å²) in [4.78, 5) is 51.5. The molecule has 0 spiro atoms. The lowest BCUT2D eigenvalue weighted by Gasteiger charge is -2.19. The summed E-state index contributed by atoms with van der Waals surface area (Å²) in [5.41, 5.74) is 2.71. The monoisotopic (exact) mass is 430 g/mol. The Morgan fingerprint density at radius 3 is 1.03 bits per heavy atom. The van der Waals surface area contributed by atoms with Gasteiger partial charge in [0, 0.05) is 44.5 Å². The van der Waals surface area contributed by atoms with Crippen molar-refractivity contribution in [2.24, 2.45) is 0 Å². The molecule has 156 valence electrons. The second kappa shape index (κ2) is 6.93. The van der Waals surface area contributed by atoms with E-state index in [1.807, 2.05) is 0 Å². The Hall–Kier alpha value is -4.64. The third-order valence-electron chi connectivity index (χ3n) is 6.03. The van der Waals surface area contributed by atoms with Crippen LogP contribution in [0.5, 0.6) is 11.5 Å². The van der Waals surface area contributed by atoms with Crippen LogP contribution < -0.4 is 4.74 Å². The summed E-state index contributed by atoms with van der Waals surface area (Å²) in [6, 6.07) is 22.9. The highest BCUT2D eigenvalue weighted by atomic mass is 16.5. The fraction of sp³-hybridized carbons (Fsp3) is 0. The zero-order valence-electron chi connectivity index (χ0n) is 17.1. The average Bonchev–Trinajstić information content (AvgIpc) is 2.86. The van der Waals surface area contributed by atoms with Crippen LogP contribution in [0.3, 0.4) is 0 Å². The maximum Gasteiger partial charge on any atom is 0.194 e. The van der Waals surface area contributed by atoms with Crippen LogP contribution in [0.2, 0.25) is 0 Å². The molecule has 6 rings (SSSR count). The van der Waals surface area contributed by atoms with Crippen LogP contribution in [0.4, 0.5) is 0 Å². The van der Waals surface area contributed by atoms with Crippen LogP contribution in [0.15, 0.2) is 84.9 Å². The van der Waals surface area contributed by atoms with Gasteiger partial charge in [-0.2, -0.15) is 0 Å². The van der Waals surface area contributed by atoms with E-state index in [9.17, 15) is 19.2 Å². The van der Waals surface area contributed by atoms with Crippen molar-refractivity contribution in [2.45, 2.75) is 0 Å². The summed E-state index contributed by atoms with van der Waals surface area (Å²) >= 11 is 0. The largest absolute Gasteiger partial charge is 0.457 e. The summed E-state index contributed by atoms with van der Waals surface area (Å²) in [6.45, 7) is 0. The lowest BCUT2D eigenvalue weighted by atomic mass is 9.84. The zero-order valence-corrected chi connectivity index (χ0v) is 17.1. The first kappa shape index (κ1) is 19.1. The second-order valence-corrected chi connectivity index (χ2v) is 7.92. The van der Waals surface area contributed by atoms with Gasteiger partial charge in [0.05, 0.1) is 0 Å². The third kappa shape index (κ3) is 2.79. The van der Waals surface area contributed by atoms with Crippen LogP contribution >= 0.6 is 0 Å². The van der Waals surface area contributed by atoms with Crippen LogP contribution in [0.1, 0.15) is 63.7 Å². The number of benzene rings is 4. The maximum atomic E-state index is 13.0. The van der Waals surface area contributed by atoms with E-state index in [1.54, 1.807) is 72.8 Å². The predicted molar refractivity (Wildman–Crippen MR) is 120 cm³/mol. The van der Waals surface area contributed by atoms with Crippen molar-refractivity contribution in [3.8, 4) is 11.5 Å². The van der Waals surface area contributed by atoms with Gasteiger partial charge in [-0.05, 0) is 36.4 Å². The van der Waals surface area contributed by atoms with Crippen molar-refractivity contribution in [1.82, 2.24) is 0 Å². The molecule has 4 aromatic carbocycles. The molecule has 0 radical (unpaired) electrons. The fourth-order valence-corrected chi connectivity index (χ4v) is 4.42. The Labute approximate surface area is 188 Å². The average molecular weight is 430 g/mol. The minimum Gasteiger partial charge on any atom is -0.457 e. The van der Waals surface area contributed by atoms with Gasteiger partial charge < -0.3 is 4.74 Å². The first-order chi connectivity index (χ1) is 16.0. The van der Waals surface area contributed by atoms with Gasteiger partial charge in [0.15, 0.2) is 23.1 Å². The van der Waals surface area contributed by atoms with E-state index < -0.39 is 0 Å². The number of carbonyl (C=O) groups excluding carboxylic acids is 4. The minimum atomic E-state index is -0.242. The summed E-state index contributed by atoms with van der Waals surface area (Å²) in [7, 11) is 0. The molecule has 2 aliphatic carbocycles. The summed E-state index contributed by atoms with van der Waals surface area (Å²) in [6.07, 6.45) is 0. The number of ketones is 4. The molecule has 4 aromatic rings. The smallest absolute Gasteiger partial charge is 0.194 e. The maximum absolute atomic E-state index is 13.0. The van der Waals surface area contributed by atoms with Crippen molar-refractivity contribution >= 4 is 23.1 Å². The van der Waals surface area contributed by atoms with Crippen molar-refractivity contribution < 1.29 is 23.9 Å². The van der Waals surface area contributed by atoms with E-state index in [2.05, 4.69) is 0 Å². The minimum absolute atomic E-state index is 0.205. The molecule has 0 heterocycles. The Morgan fingerprint density at radius 1 is 0.364 bits per heavy atom. The normalized spacial score (nSPS) is 13.7. The number of hydrogen-bond acceptors (Lipinski definition) is 5.